The van der Waals surface area contributed by atoms with E-state index in [0.29, 0.717) is 0 Å². The lowest BCUT2D eigenvalue weighted by Gasteiger charge is -2.19. The standard InChI is InChI=1S/C15H17BrN2O/c1-17-14(8-11-7-12(16)10-18-9-11)13-5-3-4-6-15(13)19-2/h3-7,9-10,14,17H,8H2,1-2H3. The zero-order chi connectivity index (χ0) is 13.7. The molecule has 0 fully saturated rings. The van der Waals surface area contributed by atoms with E-state index in [0.717, 1.165) is 22.2 Å². The highest BCUT2D eigenvalue weighted by atomic mass is 79.9. The van der Waals surface area contributed by atoms with Gasteiger partial charge in [0, 0.05) is 28.5 Å². The third-order valence-electron chi connectivity index (χ3n) is 3.06. The van der Waals surface area contributed by atoms with Gasteiger partial charge in [0.1, 0.15) is 5.75 Å². The zero-order valence-electron chi connectivity index (χ0n) is 11.1. The smallest absolute Gasteiger partial charge is 0.123 e. The molecule has 19 heavy (non-hydrogen) atoms. The number of aromatic nitrogens is 1. The number of hydrogen-bond acceptors (Lipinski definition) is 3. The number of benzene rings is 1. The van der Waals surface area contributed by atoms with Crippen LogP contribution in [0.1, 0.15) is 17.2 Å². The number of nitrogens with zero attached hydrogens (tertiary/aromatic N) is 1. The van der Waals surface area contributed by atoms with Gasteiger partial charge in [0.25, 0.3) is 0 Å². The van der Waals surface area contributed by atoms with Gasteiger partial charge in [-0.1, -0.05) is 18.2 Å². The molecule has 1 heterocycles. The summed E-state index contributed by atoms with van der Waals surface area (Å²) in [7, 11) is 3.66. The third kappa shape index (κ3) is 3.55. The lowest BCUT2D eigenvalue weighted by atomic mass is 9.99. The maximum Gasteiger partial charge on any atom is 0.123 e. The highest BCUT2D eigenvalue weighted by Gasteiger charge is 2.14. The molecule has 0 bridgehead atoms. The van der Waals surface area contributed by atoms with Crippen molar-refractivity contribution >= 4 is 15.9 Å². The van der Waals surface area contributed by atoms with Crippen LogP contribution < -0.4 is 10.1 Å². The number of halogens is 1. The number of ether oxygens (including phenoxy) is 1. The Balaban J connectivity index is 2.25. The summed E-state index contributed by atoms with van der Waals surface area (Å²) >= 11 is 3.45. The molecule has 0 amide bonds. The topological polar surface area (TPSA) is 34.2 Å². The minimum atomic E-state index is 0.201. The molecule has 0 radical (unpaired) electrons. The Morgan fingerprint density at radius 2 is 2.11 bits per heavy atom. The lowest BCUT2D eigenvalue weighted by molar-refractivity contribution is 0.401. The van der Waals surface area contributed by atoms with Crippen LogP contribution >= 0.6 is 15.9 Å². The summed E-state index contributed by atoms with van der Waals surface area (Å²) in [5.41, 5.74) is 2.34. The SMILES string of the molecule is CNC(Cc1cncc(Br)c1)c1ccccc1OC. The van der Waals surface area contributed by atoms with E-state index in [1.54, 1.807) is 13.3 Å². The Hall–Kier alpha value is -1.39. The Morgan fingerprint density at radius 1 is 1.32 bits per heavy atom. The Kier molecular flexibility index (Phi) is 4.93. The molecule has 0 aliphatic carbocycles. The van der Waals surface area contributed by atoms with E-state index in [4.69, 9.17) is 4.74 Å². The monoisotopic (exact) mass is 320 g/mol. The van der Waals surface area contributed by atoms with Crippen LogP contribution in [0.25, 0.3) is 0 Å². The Morgan fingerprint density at radius 3 is 2.79 bits per heavy atom. The highest BCUT2D eigenvalue weighted by molar-refractivity contribution is 9.10. The van der Waals surface area contributed by atoms with Gasteiger partial charge in [-0.05, 0) is 47.1 Å². The second kappa shape index (κ2) is 6.68. The van der Waals surface area contributed by atoms with Crippen LogP contribution in [0.4, 0.5) is 0 Å². The quantitative estimate of drug-likeness (QED) is 0.917. The first kappa shape index (κ1) is 14.0. The van der Waals surface area contributed by atoms with Crippen LogP contribution in [0.3, 0.4) is 0 Å². The summed E-state index contributed by atoms with van der Waals surface area (Å²) in [5, 5.41) is 3.34. The third-order valence-corrected chi connectivity index (χ3v) is 3.50. The van der Waals surface area contributed by atoms with Crippen molar-refractivity contribution in [1.82, 2.24) is 10.3 Å². The van der Waals surface area contributed by atoms with Gasteiger partial charge in [-0.25, -0.2) is 0 Å². The summed E-state index contributed by atoms with van der Waals surface area (Å²) in [6, 6.07) is 10.4. The molecule has 2 rings (SSSR count). The lowest BCUT2D eigenvalue weighted by Crippen LogP contribution is -2.19. The normalized spacial score (nSPS) is 12.2. The van der Waals surface area contributed by atoms with Crippen LogP contribution in [0.15, 0.2) is 47.2 Å². The van der Waals surface area contributed by atoms with E-state index >= 15 is 0 Å². The van der Waals surface area contributed by atoms with Crippen molar-refractivity contribution in [3.8, 4) is 5.75 Å². The number of hydrogen-bond donors (Lipinski definition) is 1. The van der Waals surface area contributed by atoms with E-state index < -0.39 is 0 Å². The van der Waals surface area contributed by atoms with Crippen LogP contribution in [0.5, 0.6) is 5.75 Å². The molecular weight excluding hydrogens is 304 g/mol. The minimum Gasteiger partial charge on any atom is -0.496 e. The Labute approximate surface area is 122 Å². The van der Waals surface area contributed by atoms with E-state index in [1.807, 2.05) is 31.4 Å². The van der Waals surface area contributed by atoms with E-state index in [1.165, 1.54) is 5.56 Å². The van der Waals surface area contributed by atoms with Crippen molar-refractivity contribution in [2.75, 3.05) is 14.2 Å². The molecule has 0 spiro atoms. The molecular formula is C15H17BrN2O. The first-order chi connectivity index (χ1) is 9.24. The fourth-order valence-corrected chi connectivity index (χ4v) is 2.54. The van der Waals surface area contributed by atoms with Crippen molar-refractivity contribution in [2.45, 2.75) is 12.5 Å². The number of nitrogens with one attached hydrogen (secondary N) is 1. The summed E-state index contributed by atoms with van der Waals surface area (Å²) < 4.78 is 6.42. The number of methoxy groups -OCH3 is 1. The van der Waals surface area contributed by atoms with Crippen molar-refractivity contribution in [3.05, 3.63) is 58.3 Å². The summed E-state index contributed by atoms with van der Waals surface area (Å²) in [6.45, 7) is 0. The van der Waals surface area contributed by atoms with Gasteiger partial charge in [0.05, 0.1) is 7.11 Å². The molecule has 2 aromatic rings. The molecule has 0 aliphatic rings. The van der Waals surface area contributed by atoms with Gasteiger partial charge in [0.15, 0.2) is 0 Å². The number of likely N-dealkylation sites (N-methyl/N-ethyl adjacent to an activating group) is 1. The molecule has 0 saturated heterocycles. The molecule has 1 aromatic heterocycles. The first-order valence-corrected chi connectivity index (χ1v) is 6.93. The molecule has 100 valence electrons. The fraction of sp³-hybridized carbons (Fsp3) is 0.267. The van der Waals surface area contributed by atoms with Crippen molar-refractivity contribution in [2.24, 2.45) is 0 Å². The van der Waals surface area contributed by atoms with E-state index in [-0.39, 0.29) is 6.04 Å². The minimum absolute atomic E-state index is 0.201. The van der Waals surface area contributed by atoms with Crippen molar-refractivity contribution < 1.29 is 4.74 Å². The molecule has 1 atom stereocenters. The molecule has 3 nitrogen and oxygen atoms in total. The highest BCUT2D eigenvalue weighted by Crippen LogP contribution is 2.27. The number of pyridine rings is 1. The summed E-state index contributed by atoms with van der Waals surface area (Å²) in [4.78, 5) is 4.20. The van der Waals surface area contributed by atoms with Gasteiger partial charge in [0.2, 0.25) is 0 Å². The second-order valence-electron chi connectivity index (χ2n) is 4.30. The van der Waals surface area contributed by atoms with Crippen LogP contribution in [-0.2, 0) is 6.42 Å². The van der Waals surface area contributed by atoms with Gasteiger partial charge in [-0.15, -0.1) is 0 Å². The average Bonchev–Trinajstić information content (AvgIpc) is 2.45. The molecule has 0 aliphatic heterocycles. The van der Waals surface area contributed by atoms with Crippen molar-refractivity contribution in [1.29, 1.82) is 0 Å². The van der Waals surface area contributed by atoms with Crippen LogP contribution in [0.2, 0.25) is 0 Å². The zero-order valence-corrected chi connectivity index (χ0v) is 12.6. The molecule has 1 aromatic carbocycles. The average molecular weight is 321 g/mol. The second-order valence-corrected chi connectivity index (χ2v) is 5.21. The van der Waals surface area contributed by atoms with Gasteiger partial charge in [-0.3, -0.25) is 4.98 Å². The number of para-hydroxylation sites is 1. The molecule has 1 unspecified atom stereocenters. The van der Waals surface area contributed by atoms with Gasteiger partial charge >= 0.3 is 0 Å². The van der Waals surface area contributed by atoms with E-state index in [9.17, 15) is 0 Å². The van der Waals surface area contributed by atoms with Gasteiger partial charge < -0.3 is 10.1 Å². The molecule has 4 heteroatoms. The summed E-state index contributed by atoms with van der Waals surface area (Å²) in [6.07, 6.45) is 4.55. The maximum absolute atomic E-state index is 5.42. The Bertz CT molecular complexity index is 545. The molecule has 1 N–H and O–H groups in total. The molecule has 0 saturated carbocycles. The van der Waals surface area contributed by atoms with Crippen LogP contribution in [0, 0.1) is 0 Å². The largest absolute Gasteiger partial charge is 0.496 e. The predicted molar refractivity (Wildman–Crippen MR) is 80.4 cm³/mol. The van der Waals surface area contributed by atoms with E-state index in [2.05, 4.69) is 38.4 Å². The maximum atomic E-state index is 5.42. The van der Waals surface area contributed by atoms with Gasteiger partial charge in [-0.2, -0.15) is 0 Å². The van der Waals surface area contributed by atoms with Crippen molar-refractivity contribution in [3.63, 3.8) is 0 Å². The van der Waals surface area contributed by atoms with Crippen LogP contribution in [-0.4, -0.2) is 19.1 Å². The predicted octanol–water partition coefficient (Wildman–Crippen LogP) is 3.36. The fourth-order valence-electron chi connectivity index (χ4n) is 2.13. The first-order valence-electron chi connectivity index (χ1n) is 6.14. The summed E-state index contributed by atoms with van der Waals surface area (Å²) in [5.74, 6) is 0.907. The number of rotatable bonds is 5.